The molecule has 3 aromatic rings. The van der Waals surface area contributed by atoms with Crippen molar-refractivity contribution in [3.63, 3.8) is 0 Å². The highest BCUT2D eigenvalue weighted by Gasteiger charge is 2.32. The number of carbonyl (C=O) groups is 1. The smallest absolute Gasteiger partial charge is 0.220 e. The number of nitrogens with zero attached hydrogens (tertiary/aromatic N) is 3. The standard InChI is InChI=1S/C23H27N3O2/c1-16-10-11-22(17(2)15-16)28-14-13-26-20-8-5-4-7-19(20)24-23(26)21-9-6-12-25(21)18(3)27/h4-5,7-8,10-11,15,21H,6,9,12-14H2,1-3H3/t21-/m0/s1. The van der Waals surface area contributed by atoms with Gasteiger partial charge in [0.25, 0.3) is 0 Å². The summed E-state index contributed by atoms with van der Waals surface area (Å²) in [4.78, 5) is 18.9. The molecular formula is C23H27N3O2. The largest absolute Gasteiger partial charge is 0.491 e. The van der Waals surface area contributed by atoms with E-state index in [0.717, 1.165) is 47.6 Å². The van der Waals surface area contributed by atoms with Crippen molar-refractivity contribution >= 4 is 16.9 Å². The van der Waals surface area contributed by atoms with E-state index in [0.29, 0.717) is 13.2 Å². The van der Waals surface area contributed by atoms with Gasteiger partial charge in [-0.15, -0.1) is 0 Å². The van der Waals surface area contributed by atoms with Crippen molar-refractivity contribution in [2.75, 3.05) is 13.2 Å². The Balaban J connectivity index is 1.61. The van der Waals surface area contributed by atoms with E-state index in [1.54, 1.807) is 6.92 Å². The quantitative estimate of drug-likeness (QED) is 0.661. The molecule has 0 bridgehead atoms. The van der Waals surface area contributed by atoms with Crippen LogP contribution in [-0.2, 0) is 11.3 Å². The van der Waals surface area contributed by atoms with Crippen LogP contribution in [0, 0.1) is 13.8 Å². The van der Waals surface area contributed by atoms with Crippen LogP contribution in [0.15, 0.2) is 42.5 Å². The van der Waals surface area contributed by atoms with Crippen LogP contribution in [0.5, 0.6) is 5.75 Å². The lowest BCUT2D eigenvalue weighted by molar-refractivity contribution is -0.129. The van der Waals surface area contributed by atoms with E-state index in [9.17, 15) is 4.79 Å². The average molecular weight is 377 g/mol. The second-order valence-corrected chi connectivity index (χ2v) is 7.60. The Morgan fingerprint density at radius 1 is 1.21 bits per heavy atom. The molecule has 1 saturated heterocycles. The maximum atomic E-state index is 12.1. The molecule has 1 atom stereocenters. The molecule has 0 N–H and O–H groups in total. The molecule has 28 heavy (non-hydrogen) atoms. The molecule has 2 aromatic carbocycles. The third-order valence-electron chi connectivity index (χ3n) is 5.54. The van der Waals surface area contributed by atoms with Gasteiger partial charge in [0.15, 0.2) is 0 Å². The minimum atomic E-state index is 0.0472. The molecule has 146 valence electrons. The number of hydrogen-bond donors (Lipinski definition) is 0. The molecule has 0 spiro atoms. The summed E-state index contributed by atoms with van der Waals surface area (Å²) in [5.41, 5.74) is 4.45. The van der Waals surface area contributed by atoms with Crippen LogP contribution in [0.25, 0.3) is 11.0 Å². The van der Waals surface area contributed by atoms with Gasteiger partial charge in [-0.05, 0) is 50.5 Å². The fourth-order valence-corrected chi connectivity index (χ4v) is 4.20. The van der Waals surface area contributed by atoms with Crippen molar-refractivity contribution in [3.8, 4) is 5.75 Å². The van der Waals surface area contributed by atoms with Crippen molar-refractivity contribution in [1.29, 1.82) is 0 Å². The highest BCUT2D eigenvalue weighted by atomic mass is 16.5. The Bertz CT molecular complexity index is 1010. The first-order valence-corrected chi connectivity index (χ1v) is 9.97. The topological polar surface area (TPSA) is 47.4 Å². The third-order valence-corrected chi connectivity index (χ3v) is 5.54. The fourth-order valence-electron chi connectivity index (χ4n) is 4.20. The van der Waals surface area contributed by atoms with Crippen molar-refractivity contribution in [2.45, 2.75) is 46.2 Å². The summed E-state index contributed by atoms with van der Waals surface area (Å²) in [5.74, 6) is 2.01. The van der Waals surface area contributed by atoms with Gasteiger partial charge in [0, 0.05) is 13.5 Å². The van der Waals surface area contributed by atoms with E-state index in [1.807, 2.05) is 29.2 Å². The predicted molar refractivity (Wildman–Crippen MR) is 111 cm³/mol. The van der Waals surface area contributed by atoms with E-state index in [1.165, 1.54) is 5.56 Å². The number of hydrogen-bond acceptors (Lipinski definition) is 3. The second-order valence-electron chi connectivity index (χ2n) is 7.60. The third kappa shape index (κ3) is 3.49. The molecule has 1 aromatic heterocycles. The normalized spacial score (nSPS) is 16.7. The highest BCUT2D eigenvalue weighted by Crippen LogP contribution is 2.33. The molecule has 5 nitrogen and oxygen atoms in total. The Kier molecular flexibility index (Phi) is 5.07. The Hall–Kier alpha value is -2.82. The number of likely N-dealkylation sites (tertiary alicyclic amines) is 1. The van der Waals surface area contributed by atoms with E-state index in [2.05, 4.69) is 36.6 Å². The summed E-state index contributed by atoms with van der Waals surface area (Å²) < 4.78 is 8.30. The zero-order valence-corrected chi connectivity index (χ0v) is 16.8. The van der Waals surface area contributed by atoms with E-state index in [-0.39, 0.29) is 11.9 Å². The molecule has 1 amide bonds. The molecule has 0 saturated carbocycles. The van der Waals surface area contributed by atoms with Crippen LogP contribution in [0.1, 0.15) is 42.8 Å². The molecule has 4 rings (SSSR count). The minimum Gasteiger partial charge on any atom is -0.491 e. The van der Waals surface area contributed by atoms with E-state index < -0.39 is 0 Å². The summed E-state index contributed by atoms with van der Waals surface area (Å²) in [6.07, 6.45) is 1.98. The van der Waals surface area contributed by atoms with Gasteiger partial charge in [0.2, 0.25) is 5.91 Å². The summed E-state index contributed by atoms with van der Waals surface area (Å²) >= 11 is 0. The van der Waals surface area contributed by atoms with Gasteiger partial charge in [-0.25, -0.2) is 4.98 Å². The molecular weight excluding hydrogens is 350 g/mol. The number of para-hydroxylation sites is 2. The summed E-state index contributed by atoms with van der Waals surface area (Å²) in [6.45, 7) is 7.87. The number of ether oxygens (including phenoxy) is 1. The van der Waals surface area contributed by atoms with Crippen LogP contribution in [0.4, 0.5) is 0 Å². The Morgan fingerprint density at radius 2 is 2.04 bits per heavy atom. The molecule has 1 aliphatic rings. The van der Waals surface area contributed by atoms with Crippen molar-refractivity contribution in [1.82, 2.24) is 14.5 Å². The molecule has 2 heterocycles. The molecule has 5 heteroatoms. The predicted octanol–water partition coefficient (Wildman–Crippen LogP) is 4.42. The first-order chi connectivity index (χ1) is 13.5. The summed E-state index contributed by atoms with van der Waals surface area (Å²) in [7, 11) is 0. The second kappa shape index (κ2) is 7.66. The maximum Gasteiger partial charge on any atom is 0.220 e. The molecule has 0 unspecified atom stereocenters. The van der Waals surface area contributed by atoms with E-state index >= 15 is 0 Å². The van der Waals surface area contributed by atoms with E-state index in [4.69, 9.17) is 9.72 Å². The molecule has 1 aliphatic heterocycles. The number of benzene rings is 2. The van der Waals surface area contributed by atoms with Gasteiger partial charge in [-0.2, -0.15) is 0 Å². The fraction of sp³-hybridized carbons (Fsp3) is 0.391. The Morgan fingerprint density at radius 3 is 2.82 bits per heavy atom. The number of aromatic nitrogens is 2. The highest BCUT2D eigenvalue weighted by molar-refractivity contribution is 5.77. The molecule has 1 fully saturated rings. The zero-order chi connectivity index (χ0) is 19.7. The monoisotopic (exact) mass is 377 g/mol. The number of aryl methyl sites for hydroxylation is 2. The van der Waals surface area contributed by atoms with Crippen LogP contribution in [-0.4, -0.2) is 33.5 Å². The van der Waals surface area contributed by atoms with Gasteiger partial charge in [-0.1, -0.05) is 29.8 Å². The lowest BCUT2D eigenvalue weighted by atomic mass is 10.1. The van der Waals surface area contributed by atoms with Gasteiger partial charge >= 0.3 is 0 Å². The van der Waals surface area contributed by atoms with Gasteiger partial charge in [0.05, 0.1) is 23.6 Å². The first kappa shape index (κ1) is 18.5. The zero-order valence-electron chi connectivity index (χ0n) is 16.8. The maximum absolute atomic E-state index is 12.1. The number of fused-ring (bicyclic) bond motifs is 1. The number of amides is 1. The van der Waals surface area contributed by atoms with Crippen molar-refractivity contribution in [2.24, 2.45) is 0 Å². The SMILES string of the molecule is CC(=O)N1CCC[C@H]1c1nc2ccccc2n1CCOc1ccc(C)cc1C. The molecule has 0 radical (unpaired) electrons. The summed E-state index contributed by atoms with van der Waals surface area (Å²) in [5, 5.41) is 0. The Labute approximate surface area is 165 Å². The summed E-state index contributed by atoms with van der Waals surface area (Å²) in [6, 6.07) is 14.5. The van der Waals surface area contributed by atoms with Crippen LogP contribution >= 0.6 is 0 Å². The van der Waals surface area contributed by atoms with Crippen LogP contribution in [0.2, 0.25) is 0 Å². The van der Waals surface area contributed by atoms with Crippen LogP contribution in [0.3, 0.4) is 0 Å². The van der Waals surface area contributed by atoms with Crippen molar-refractivity contribution in [3.05, 3.63) is 59.4 Å². The average Bonchev–Trinajstić information content (AvgIpc) is 3.28. The molecule has 0 aliphatic carbocycles. The number of rotatable bonds is 5. The van der Waals surface area contributed by atoms with Crippen LogP contribution < -0.4 is 4.74 Å². The van der Waals surface area contributed by atoms with Crippen molar-refractivity contribution < 1.29 is 9.53 Å². The van der Waals surface area contributed by atoms with Gasteiger partial charge in [-0.3, -0.25) is 4.79 Å². The lowest BCUT2D eigenvalue weighted by Gasteiger charge is -2.24. The van der Waals surface area contributed by atoms with Gasteiger partial charge in [0.1, 0.15) is 18.2 Å². The van der Waals surface area contributed by atoms with Gasteiger partial charge < -0.3 is 14.2 Å². The number of imidazole rings is 1. The lowest BCUT2D eigenvalue weighted by Crippen LogP contribution is -2.30. The first-order valence-electron chi connectivity index (χ1n) is 9.97. The number of carbonyl (C=O) groups excluding carboxylic acids is 1. The minimum absolute atomic E-state index is 0.0472.